The van der Waals surface area contributed by atoms with Crippen LogP contribution in [0.25, 0.3) is 16.3 Å². The fraction of sp³-hybridized carbons (Fsp3) is 0.118. The van der Waals surface area contributed by atoms with Gasteiger partial charge in [-0.15, -0.1) is 0 Å². The molecular formula is C17H12N2O4. The molecule has 0 aromatic heterocycles. The van der Waals surface area contributed by atoms with Crippen LogP contribution in [0.1, 0.15) is 5.56 Å². The lowest BCUT2D eigenvalue weighted by Crippen LogP contribution is -2.32. The van der Waals surface area contributed by atoms with Crippen LogP contribution in [-0.2, 0) is 6.61 Å². The fourth-order valence-electron chi connectivity index (χ4n) is 2.40. The van der Waals surface area contributed by atoms with Gasteiger partial charge in [-0.3, -0.25) is 9.59 Å². The van der Waals surface area contributed by atoms with Crippen molar-refractivity contribution in [2.24, 2.45) is 0 Å². The van der Waals surface area contributed by atoms with Crippen molar-refractivity contribution in [2.45, 2.75) is 6.61 Å². The van der Waals surface area contributed by atoms with Gasteiger partial charge >= 0.3 is 5.36 Å². The van der Waals surface area contributed by atoms with Crippen molar-refractivity contribution >= 4 is 10.8 Å². The highest BCUT2D eigenvalue weighted by atomic mass is 16.5. The predicted molar refractivity (Wildman–Crippen MR) is 82.9 cm³/mol. The van der Waals surface area contributed by atoms with Crippen LogP contribution in [-0.4, -0.2) is 11.9 Å². The highest BCUT2D eigenvalue weighted by Gasteiger charge is 2.19. The second-order valence-corrected chi connectivity index (χ2v) is 4.92. The fourth-order valence-corrected chi connectivity index (χ4v) is 2.40. The zero-order valence-corrected chi connectivity index (χ0v) is 12.3. The molecule has 0 aliphatic rings. The van der Waals surface area contributed by atoms with Crippen LogP contribution in [0.4, 0.5) is 0 Å². The van der Waals surface area contributed by atoms with Crippen molar-refractivity contribution in [1.29, 1.82) is 0 Å². The predicted octanol–water partition coefficient (Wildman–Crippen LogP) is 1.15. The van der Waals surface area contributed by atoms with Crippen LogP contribution in [0.3, 0.4) is 0 Å². The number of benzene rings is 2. The second-order valence-electron chi connectivity index (χ2n) is 4.92. The molecule has 0 N–H and O–H groups in total. The van der Waals surface area contributed by atoms with E-state index in [9.17, 15) is 9.59 Å². The van der Waals surface area contributed by atoms with E-state index in [4.69, 9.17) is 15.0 Å². The smallest absolute Gasteiger partial charge is 0.410 e. The monoisotopic (exact) mass is 308 g/mol. The van der Waals surface area contributed by atoms with Gasteiger partial charge in [0.25, 0.3) is 10.9 Å². The van der Waals surface area contributed by atoms with Gasteiger partial charge in [0.15, 0.2) is 0 Å². The summed E-state index contributed by atoms with van der Waals surface area (Å²) in [4.78, 5) is 26.9. The molecule has 0 radical (unpaired) electrons. The topological polar surface area (TPSA) is 89.0 Å². The molecule has 0 heterocycles. The highest BCUT2D eigenvalue weighted by molar-refractivity contribution is 5.88. The molecule has 0 unspecified atom stereocenters. The van der Waals surface area contributed by atoms with Crippen molar-refractivity contribution < 1.29 is 14.3 Å². The molecule has 3 rings (SSSR count). The molecule has 0 aliphatic carbocycles. The second kappa shape index (κ2) is 5.87. The van der Waals surface area contributed by atoms with Crippen molar-refractivity contribution in [2.75, 3.05) is 7.11 Å². The molecule has 0 aliphatic heterocycles. The molecule has 6 nitrogen and oxygen atoms in total. The van der Waals surface area contributed by atoms with Gasteiger partial charge in [0.05, 0.1) is 12.5 Å². The Kier molecular flexibility index (Phi) is 3.75. The molecule has 0 spiro atoms. The summed E-state index contributed by atoms with van der Waals surface area (Å²) < 4.78 is 10.8. The Balaban J connectivity index is 1.99. The minimum absolute atomic E-state index is 0.138. The van der Waals surface area contributed by atoms with Gasteiger partial charge in [0, 0.05) is 5.39 Å². The maximum Gasteiger partial charge on any atom is 0.410 e. The van der Waals surface area contributed by atoms with E-state index in [-0.39, 0.29) is 23.1 Å². The summed E-state index contributed by atoms with van der Waals surface area (Å²) >= 11 is 0. The summed E-state index contributed by atoms with van der Waals surface area (Å²) in [5, 5.41) is -0.158. The Hall–Kier alpha value is -3.24. The molecule has 3 aromatic rings. The largest absolute Gasteiger partial charge is 0.497 e. The highest BCUT2D eigenvalue weighted by Crippen LogP contribution is 2.21. The minimum atomic E-state index is -0.627. The Labute approximate surface area is 130 Å². The van der Waals surface area contributed by atoms with Gasteiger partial charge in [-0.1, -0.05) is 18.2 Å². The van der Waals surface area contributed by atoms with E-state index in [0.717, 1.165) is 11.3 Å². The first-order chi connectivity index (χ1) is 11.2. The Morgan fingerprint density at radius 1 is 1.04 bits per heavy atom. The number of rotatable bonds is 4. The number of hydrogen-bond acceptors (Lipinski definition) is 4. The summed E-state index contributed by atoms with van der Waals surface area (Å²) in [5.41, 5.74) is 8.48. The molecular weight excluding hydrogens is 296 g/mol. The molecule has 0 fully saturated rings. The quantitative estimate of drug-likeness (QED) is 0.534. The van der Waals surface area contributed by atoms with Gasteiger partial charge in [0.1, 0.15) is 18.1 Å². The van der Waals surface area contributed by atoms with Gasteiger partial charge in [-0.25, -0.2) is 0 Å². The van der Waals surface area contributed by atoms with Crippen LogP contribution in [0.5, 0.6) is 11.5 Å². The lowest BCUT2D eigenvalue weighted by Gasteiger charge is -2.07. The third-order valence-electron chi connectivity index (χ3n) is 3.58. The molecule has 0 bridgehead atoms. The molecule has 0 amide bonds. The van der Waals surface area contributed by atoms with E-state index in [1.807, 2.05) is 12.1 Å². The van der Waals surface area contributed by atoms with Crippen molar-refractivity contribution in [3.8, 4) is 11.5 Å². The third-order valence-corrected chi connectivity index (χ3v) is 3.58. The molecule has 0 atom stereocenters. The van der Waals surface area contributed by atoms with E-state index in [0.29, 0.717) is 0 Å². The number of ether oxygens (including phenoxy) is 2. The molecule has 114 valence electrons. The van der Waals surface area contributed by atoms with Crippen molar-refractivity contribution in [3.63, 3.8) is 0 Å². The van der Waals surface area contributed by atoms with Crippen molar-refractivity contribution in [1.82, 2.24) is 0 Å². The summed E-state index contributed by atoms with van der Waals surface area (Å²) in [6, 6.07) is 12.0. The SMILES string of the molecule is COc1ccc(COc2cccc3c(=O)c(=[N+]=[N-])c(=O)c23)cc1. The first-order valence-corrected chi connectivity index (χ1v) is 6.86. The van der Waals surface area contributed by atoms with E-state index < -0.39 is 16.2 Å². The van der Waals surface area contributed by atoms with E-state index in [1.165, 1.54) is 6.07 Å². The molecule has 23 heavy (non-hydrogen) atoms. The summed E-state index contributed by atoms with van der Waals surface area (Å²) in [6.45, 7) is 0.230. The standard InChI is InChI=1S/C17H12N2O4/c1-22-11-7-5-10(6-8-11)9-23-13-4-2-3-12-14(13)17(21)15(19-18)16(12)20/h2-8H,9H2,1H3. The lowest BCUT2D eigenvalue weighted by atomic mass is 10.2. The van der Waals surface area contributed by atoms with Gasteiger partial charge in [-0.05, 0) is 29.8 Å². The van der Waals surface area contributed by atoms with Crippen LogP contribution in [0.2, 0.25) is 0 Å². The van der Waals surface area contributed by atoms with Crippen LogP contribution < -0.4 is 25.7 Å². The molecule has 0 saturated heterocycles. The average molecular weight is 308 g/mol. The zero-order valence-electron chi connectivity index (χ0n) is 12.3. The lowest BCUT2D eigenvalue weighted by molar-refractivity contribution is -0.0674. The maximum atomic E-state index is 12.1. The number of nitrogens with zero attached hydrogens (tertiary/aromatic N) is 2. The van der Waals surface area contributed by atoms with Crippen LogP contribution >= 0.6 is 0 Å². The zero-order chi connectivity index (χ0) is 16.4. The Morgan fingerprint density at radius 3 is 2.43 bits per heavy atom. The van der Waals surface area contributed by atoms with Crippen LogP contribution in [0.15, 0.2) is 52.1 Å². The normalized spacial score (nSPS) is 10.5. The molecule has 3 aromatic carbocycles. The average Bonchev–Trinajstić information content (AvgIpc) is 2.84. The van der Waals surface area contributed by atoms with E-state index in [1.54, 1.807) is 31.4 Å². The van der Waals surface area contributed by atoms with E-state index in [2.05, 4.69) is 4.79 Å². The van der Waals surface area contributed by atoms with Gasteiger partial charge in [-0.2, -0.15) is 4.79 Å². The summed E-state index contributed by atoms with van der Waals surface area (Å²) in [6.07, 6.45) is 0. The number of fused-ring (bicyclic) bond motifs is 1. The Bertz CT molecular complexity index is 1040. The third kappa shape index (κ3) is 2.52. The van der Waals surface area contributed by atoms with Gasteiger partial charge < -0.3 is 15.0 Å². The summed E-state index contributed by atoms with van der Waals surface area (Å²) in [7, 11) is 1.59. The molecule has 6 heteroatoms. The van der Waals surface area contributed by atoms with Gasteiger partial charge in [0.2, 0.25) is 0 Å². The van der Waals surface area contributed by atoms with Crippen molar-refractivity contribution in [3.05, 3.63) is 79.4 Å². The van der Waals surface area contributed by atoms with E-state index >= 15 is 0 Å². The Morgan fingerprint density at radius 2 is 1.78 bits per heavy atom. The summed E-state index contributed by atoms with van der Waals surface area (Å²) in [5.74, 6) is 1.02. The molecule has 0 saturated carbocycles. The number of hydrogen-bond donors (Lipinski definition) is 0. The first-order valence-electron chi connectivity index (χ1n) is 6.86. The maximum absolute atomic E-state index is 12.1. The minimum Gasteiger partial charge on any atom is -0.497 e. The number of methoxy groups -OCH3 is 1. The van der Waals surface area contributed by atoms with Crippen LogP contribution in [0, 0.1) is 0 Å². The first kappa shape index (κ1) is 14.7.